The quantitative estimate of drug-likeness (QED) is 0.0896. The number of pyridine rings is 1. The van der Waals surface area contributed by atoms with Crippen molar-refractivity contribution < 1.29 is 32.1 Å². The van der Waals surface area contributed by atoms with E-state index in [2.05, 4.69) is 32.5 Å². The normalized spacial score (nSPS) is 20.2. The fourth-order valence-corrected chi connectivity index (χ4v) is 6.71. The summed E-state index contributed by atoms with van der Waals surface area (Å²) >= 11 is 0. The first-order valence-electron chi connectivity index (χ1n) is 17.2. The highest BCUT2D eigenvalue weighted by atomic mass is 19.4. The van der Waals surface area contributed by atoms with E-state index in [9.17, 15) is 18.3 Å². The lowest BCUT2D eigenvalue weighted by Crippen LogP contribution is -2.50. The maximum Gasteiger partial charge on any atom is 0.393 e. The van der Waals surface area contributed by atoms with E-state index in [1.165, 1.54) is 10.9 Å². The van der Waals surface area contributed by atoms with Gasteiger partial charge in [-0.3, -0.25) is 4.90 Å². The molecule has 7 rings (SSSR count). The first kappa shape index (κ1) is 34.4. The second-order valence-corrected chi connectivity index (χ2v) is 13.5. The molecule has 0 spiro atoms. The largest absolute Gasteiger partial charge is 0.476 e. The summed E-state index contributed by atoms with van der Waals surface area (Å²) in [5.41, 5.74) is 1.99. The summed E-state index contributed by atoms with van der Waals surface area (Å²) in [4.78, 5) is 6.68. The third kappa shape index (κ3) is 8.10. The third-order valence-corrected chi connectivity index (χ3v) is 9.62. The zero-order chi connectivity index (χ0) is 34.7. The summed E-state index contributed by atoms with van der Waals surface area (Å²) in [5, 5.41) is 17.3. The fraction of sp³-hybridized carbons (Fsp3) is 0.421. The monoisotopic (exact) mass is 691 g/mol. The van der Waals surface area contributed by atoms with Gasteiger partial charge in [-0.15, -0.1) is 5.10 Å². The SMILES string of the molecule is OC1CN(C/C=C/CNC2(COc3ccc(/C(=C(/CC(F)(F)F)c4ccccc4)c4ccc5c(c4)c(F)nn5C4CCCCO4)cn3)CC2)C1. The molecule has 3 aliphatic rings. The van der Waals surface area contributed by atoms with Gasteiger partial charge in [0.25, 0.3) is 0 Å². The van der Waals surface area contributed by atoms with Gasteiger partial charge in [0.15, 0.2) is 6.23 Å². The van der Waals surface area contributed by atoms with E-state index >= 15 is 4.39 Å². The smallest absolute Gasteiger partial charge is 0.393 e. The summed E-state index contributed by atoms with van der Waals surface area (Å²) < 4.78 is 71.5. The van der Waals surface area contributed by atoms with Crippen molar-refractivity contribution in [1.29, 1.82) is 0 Å². The van der Waals surface area contributed by atoms with Gasteiger partial charge in [-0.05, 0) is 72.6 Å². The highest BCUT2D eigenvalue weighted by Gasteiger charge is 2.43. The second-order valence-electron chi connectivity index (χ2n) is 13.5. The van der Waals surface area contributed by atoms with Crippen LogP contribution < -0.4 is 10.1 Å². The molecule has 2 aliphatic heterocycles. The third-order valence-electron chi connectivity index (χ3n) is 9.62. The molecule has 1 unspecified atom stereocenters. The molecule has 264 valence electrons. The van der Waals surface area contributed by atoms with E-state index in [4.69, 9.17) is 9.47 Å². The Morgan fingerprint density at radius 1 is 1.02 bits per heavy atom. The van der Waals surface area contributed by atoms with E-state index < -0.39 is 24.8 Å². The predicted octanol–water partition coefficient (Wildman–Crippen LogP) is 6.91. The van der Waals surface area contributed by atoms with Crippen LogP contribution in [-0.4, -0.2) is 82.0 Å². The van der Waals surface area contributed by atoms with Gasteiger partial charge in [-0.25, -0.2) is 9.67 Å². The number of nitrogens with one attached hydrogen (secondary N) is 1. The highest BCUT2D eigenvalue weighted by Crippen LogP contribution is 2.41. The lowest BCUT2D eigenvalue weighted by atomic mass is 9.88. The number of aliphatic hydroxyl groups excluding tert-OH is 1. The molecular formula is C38H41F4N5O3. The number of nitrogens with zero attached hydrogens (tertiary/aromatic N) is 4. The van der Waals surface area contributed by atoms with Gasteiger partial charge in [0, 0.05) is 50.6 Å². The average molecular weight is 692 g/mol. The van der Waals surface area contributed by atoms with Crippen molar-refractivity contribution in [1.82, 2.24) is 25.0 Å². The van der Waals surface area contributed by atoms with Gasteiger partial charge < -0.3 is 19.9 Å². The van der Waals surface area contributed by atoms with Gasteiger partial charge in [-0.1, -0.05) is 48.6 Å². The van der Waals surface area contributed by atoms with Crippen molar-refractivity contribution >= 4 is 22.0 Å². The van der Waals surface area contributed by atoms with Crippen molar-refractivity contribution in [2.75, 3.05) is 39.4 Å². The van der Waals surface area contributed by atoms with Gasteiger partial charge in [-0.2, -0.15) is 17.6 Å². The van der Waals surface area contributed by atoms with Crippen LogP contribution in [0.15, 0.2) is 79.0 Å². The Kier molecular flexibility index (Phi) is 10.1. The van der Waals surface area contributed by atoms with Gasteiger partial charge in [0.1, 0.15) is 6.61 Å². The minimum absolute atomic E-state index is 0.0517. The predicted molar refractivity (Wildman–Crippen MR) is 183 cm³/mol. The van der Waals surface area contributed by atoms with E-state index in [0.29, 0.717) is 72.9 Å². The van der Waals surface area contributed by atoms with Crippen LogP contribution >= 0.6 is 0 Å². The van der Waals surface area contributed by atoms with Crippen LogP contribution in [0.3, 0.4) is 0 Å². The Labute approximate surface area is 288 Å². The Bertz CT molecular complexity index is 1820. The van der Waals surface area contributed by atoms with Crippen molar-refractivity contribution in [3.05, 3.63) is 102 Å². The molecule has 0 amide bonds. The van der Waals surface area contributed by atoms with Crippen molar-refractivity contribution in [3.63, 3.8) is 0 Å². The standard InChI is InChI=1S/C38H41F4N5O3/c39-36-30-20-27(11-13-32(30)47(45-36)34-10-4-7-19-49-34)35(31(21-38(40,41)42)26-8-2-1-3-9-26)28-12-14-33(43-22-28)50-25-37(15-16-37)44-17-5-6-18-46-23-29(48)24-46/h1-3,5-6,8-9,11-14,20,22,29,34,44,48H,4,7,10,15-19,21,23-25H2/b6-5+,35-31-. The minimum Gasteiger partial charge on any atom is -0.476 e. The van der Waals surface area contributed by atoms with Crippen LogP contribution in [0.2, 0.25) is 0 Å². The number of ether oxygens (including phenoxy) is 2. The first-order valence-corrected chi connectivity index (χ1v) is 17.2. The van der Waals surface area contributed by atoms with Crippen LogP contribution in [-0.2, 0) is 4.74 Å². The molecule has 1 atom stereocenters. The van der Waals surface area contributed by atoms with Crippen molar-refractivity contribution in [3.8, 4) is 5.88 Å². The lowest BCUT2D eigenvalue weighted by Gasteiger charge is -2.34. The number of benzene rings is 2. The Balaban J connectivity index is 1.15. The fourth-order valence-electron chi connectivity index (χ4n) is 6.71. The summed E-state index contributed by atoms with van der Waals surface area (Å²) in [6, 6.07) is 16.8. The number of hydrogen-bond donors (Lipinski definition) is 2. The summed E-state index contributed by atoms with van der Waals surface area (Å²) in [7, 11) is 0. The highest BCUT2D eigenvalue weighted by molar-refractivity contribution is 6.00. The van der Waals surface area contributed by atoms with Crippen LogP contribution in [0, 0.1) is 5.95 Å². The van der Waals surface area contributed by atoms with Crippen molar-refractivity contribution in [2.24, 2.45) is 0 Å². The molecule has 50 heavy (non-hydrogen) atoms. The van der Waals surface area contributed by atoms with Crippen LogP contribution in [0.5, 0.6) is 5.88 Å². The maximum atomic E-state index is 15.4. The Hall–Kier alpha value is -4.10. The van der Waals surface area contributed by atoms with E-state index in [1.807, 2.05) is 0 Å². The number of β-amino-alcohol motifs (C(OH)–C–C–N with tert-alkyl or cyclic N) is 1. The number of allylic oxidation sites excluding steroid dienone is 1. The molecule has 0 bridgehead atoms. The van der Waals surface area contributed by atoms with Crippen LogP contribution in [0.4, 0.5) is 17.6 Å². The molecule has 1 aliphatic carbocycles. The molecule has 4 heterocycles. The van der Waals surface area contributed by atoms with Crippen LogP contribution in [0.1, 0.15) is 61.4 Å². The number of halogens is 4. The van der Waals surface area contributed by atoms with E-state index in [1.54, 1.807) is 60.7 Å². The lowest BCUT2D eigenvalue weighted by molar-refractivity contribution is -0.122. The number of alkyl halides is 3. The zero-order valence-electron chi connectivity index (χ0n) is 27.7. The molecule has 1 saturated carbocycles. The van der Waals surface area contributed by atoms with E-state index in [-0.39, 0.29) is 22.6 Å². The molecule has 0 radical (unpaired) electrons. The average Bonchev–Trinajstić information content (AvgIpc) is 3.81. The number of aromatic nitrogens is 3. The summed E-state index contributed by atoms with van der Waals surface area (Å²) in [5.74, 6) is -0.344. The zero-order valence-corrected chi connectivity index (χ0v) is 27.7. The summed E-state index contributed by atoms with van der Waals surface area (Å²) in [6.45, 7) is 3.89. The van der Waals surface area contributed by atoms with E-state index in [0.717, 1.165) is 32.2 Å². The topological polar surface area (TPSA) is 84.7 Å². The number of hydrogen-bond acceptors (Lipinski definition) is 7. The molecule has 2 N–H and O–H groups in total. The molecular weight excluding hydrogens is 650 g/mol. The number of rotatable bonds is 13. The number of fused-ring (bicyclic) bond motifs is 1. The van der Waals surface area contributed by atoms with Crippen molar-refractivity contribution in [2.45, 2.75) is 62.6 Å². The Morgan fingerprint density at radius 2 is 1.82 bits per heavy atom. The molecule has 12 heteroatoms. The Morgan fingerprint density at radius 3 is 2.50 bits per heavy atom. The number of likely N-dealkylation sites (tertiary alicyclic amines) is 1. The van der Waals surface area contributed by atoms with Crippen LogP contribution in [0.25, 0.3) is 22.0 Å². The van der Waals surface area contributed by atoms with Gasteiger partial charge in [0.05, 0.1) is 29.0 Å². The molecule has 8 nitrogen and oxygen atoms in total. The molecule has 2 aromatic heterocycles. The first-order chi connectivity index (χ1) is 24.2. The number of aliphatic hydroxyl groups is 1. The molecule has 2 saturated heterocycles. The molecule has 4 aromatic rings. The van der Waals surface area contributed by atoms with Gasteiger partial charge in [0.2, 0.25) is 11.8 Å². The second kappa shape index (κ2) is 14.6. The maximum absolute atomic E-state index is 15.4. The molecule has 2 aromatic carbocycles. The molecule has 3 fully saturated rings. The summed E-state index contributed by atoms with van der Waals surface area (Å²) in [6.07, 6.45) is 3.87. The van der Waals surface area contributed by atoms with Gasteiger partial charge >= 0.3 is 6.18 Å². The minimum atomic E-state index is -4.51.